The zero-order valence-corrected chi connectivity index (χ0v) is 16.0. The molecule has 0 radical (unpaired) electrons. The van der Waals surface area contributed by atoms with Gasteiger partial charge in [-0.1, -0.05) is 30.3 Å². The third-order valence-corrected chi connectivity index (χ3v) is 5.15. The van der Waals surface area contributed by atoms with Gasteiger partial charge in [0.2, 0.25) is 0 Å². The molecule has 1 N–H and O–H groups in total. The van der Waals surface area contributed by atoms with Crippen molar-refractivity contribution < 1.29 is 19.0 Å². The minimum absolute atomic E-state index is 0.0929. The highest BCUT2D eigenvalue weighted by atomic mass is 16.5. The predicted octanol–water partition coefficient (Wildman–Crippen LogP) is 3.57. The molecule has 0 aliphatic carbocycles. The van der Waals surface area contributed by atoms with Gasteiger partial charge in [-0.3, -0.25) is 4.79 Å². The fourth-order valence-corrected chi connectivity index (χ4v) is 3.56. The second-order valence-electron chi connectivity index (χ2n) is 6.74. The molecule has 0 aromatic heterocycles. The van der Waals surface area contributed by atoms with E-state index in [1.165, 1.54) is 5.56 Å². The van der Waals surface area contributed by atoms with Crippen LogP contribution in [0.2, 0.25) is 0 Å². The summed E-state index contributed by atoms with van der Waals surface area (Å²) in [5.41, 5.74) is 1.72. The summed E-state index contributed by atoms with van der Waals surface area (Å²) < 4.78 is 16.4. The van der Waals surface area contributed by atoms with Gasteiger partial charge in [-0.2, -0.15) is 0 Å². The van der Waals surface area contributed by atoms with E-state index in [2.05, 4.69) is 17.4 Å². The Labute approximate surface area is 160 Å². The summed E-state index contributed by atoms with van der Waals surface area (Å²) in [6.07, 6.45) is 1.79. The Kier molecular flexibility index (Phi) is 6.35. The third kappa shape index (κ3) is 4.42. The van der Waals surface area contributed by atoms with Gasteiger partial charge >= 0.3 is 0 Å². The first-order valence-corrected chi connectivity index (χ1v) is 9.41. The van der Waals surface area contributed by atoms with Crippen molar-refractivity contribution in [3.63, 3.8) is 0 Å². The molecule has 0 saturated carbocycles. The summed E-state index contributed by atoms with van der Waals surface area (Å²) in [6.45, 7) is 4.41. The number of carbonyl (C=O) groups excluding carboxylic acids is 1. The highest BCUT2D eigenvalue weighted by Crippen LogP contribution is 2.34. The fourth-order valence-electron chi connectivity index (χ4n) is 3.56. The van der Waals surface area contributed by atoms with Gasteiger partial charge in [0.25, 0.3) is 5.91 Å². The predicted molar refractivity (Wildman–Crippen MR) is 105 cm³/mol. The molecule has 0 bridgehead atoms. The summed E-state index contributed by atoms with van der Waals surface area (Å²) in [5.74, 6) is 1.09. The van der Waals surface area contributed by atoms with Crippen LogP contribution in [0.4, 0.5) is 0 Å². The number of methoxy groups -OCH3 is 1. The van der Waals surface area contributed by atoms with E-state index in [0.29, 0.717) is 43.4 Å². The number of rotatable bonds is 7. The van der Waals surface area contributed by atoms with E-state index in [4.69, 9.17) is 14.2 Å². The van der Waals surface area contributed by atoms with Gasteiger partial charge in [-0.05, 0) is 43.5 Å². The topological polar surface area (TPSA) is 56.8 Å². The van der Waals surface area contributed by atoms with Gasteiger partial charge in [-0.25, -0.2) is 0 Å². The first-order valence-electron chi connectivity index (χ1n) is 9.41. The standard InChI is InChI=1S/C22H27NO4/c1-3-27-20-15-17(9-10-19(20)25-2)21(24)23-16-22(11-13-26-14-12-22)18-7-5-4-6-8-18/h4-10,15H,3,11-14,16H2,1-2H3,(H,23,24). The molecule has 1 aliphatic rings. The van der Waals surface area contributed by atoms with Crippen LogP contribution in [0, 0.1) is 0 Å². The van der Waals surface area contributed by atoms with Crippen LogP contribution in [0.25, 0.3) is 0 Å². The Balaban J connectivity index is 1.76. The molecule has 2 aromatic rings. The molecule has 0 atom stereocenters. The molecule has 1 heterocycles. The fraction of sp³-hybridized carbons (Fsp3) is 0.409. The Bertz CT molecular complexity index is 754. The number of hydrogen-bond donors (Lipinski definition) is 1. The monoisotopic (exact) mass is 369 g/mol. The molecule has 5 heteroatoms. The van der Waals surface area contributed by atoms with Gasteiger partial charge in [0.05, 0.1) is 13.7 Å². The lowest BCUT2D eigenvalue weighted by Gasteiger charge is -2.38. The van der Waals surface area contributed by atoms with Crippen molar-refractivity contribution >= 4 is 5.91 Å². The van der Waals surface area contributed by atoms with Crippen LogP contribution in [0.1, 0.15) is 35.7 Å². The maximum atomic E-state index is 12.8. The lowest BCUT2D eigenvalue weighted by Crippen LogP contribution is -2.44. The van der Waals surface area contributed by atoms with Crippen molar-refractivity contribution in [3.8, 4) is 11.5 Å². The average Bonchev–Trinajstić information content (AvgIpc) is 2.73. The molecule has 144 valence electrons. The van der Waals surface area contributed by atoms with Crippen LogP contribution >= 0.6 is 0 Å². The third-order valence-electron chi connectivity index (χ3n) is 5.15. The van der Waals surface area contributed by atoms with Crippen LogP contribution in [0.5, 0.6) is 11.5 Å². The van der Waals surface area contributed by atoms with Crippen molar-refractivity contribution in [2.24, 2.45) is 0 Å². The lowest BCUT2D eigenvalue weighted by molar-refractivity contribution is 0.0487. The molecular weight excluding hydrogens is 342 g/mol. The second-order valence-corrected chi connectivity index (χ2v) is 6.74. The van der Waals surface area contributed by atoms with E-state index in [9.17, 15) is 4.79 Å². The van der Waals surface area contributed by atoms with Crippen molar-refractivity contribution in [3.05, 3.63) is 59.7 Å². The smallest absolute Gasteiger partial charge is 0.251 e. The lowest BCUT2D eigenvalue weighted by atomic mass is 9.74. The molecule has 1 amide bonds. The molecule has 5 nitrogen and oxygen atoms in total. The maximum Gasteiger partial charge on any atom is 0.251 e. The molecule has 0 unspecified atom stereocenters. The summed E-state index contributed by atoms with van der Waals surface area (Å²) in [4.78, 5) is 12.8. The van der Waals surface area contributed by atoms with Crippen molar-refractivity contribution in [1.82, 2.24) is 5.32 Å². The quantitative estimate of drug-likeness (QED) is 0.811. The summed E-state index contributed by atoms with van der Waals surface area (Å²) >= 11 is 0. The van der Waals surface area contributed by atoms with Gasteiger partial charge in [0.1, 0.15) is 0 Å². The summed E-state index contributed by atoms with van der Waals surface area (Å²) in [6, 6.07) is 15.6. The zero-order chi connectivity index (χ0) is 19.1. The van der Waals surface area contributed by atoms with Crippen LogP contribution in [-0.4, -0.2) is 39.4 Å². The van der Waals surface area contributed by atoms with E-state index in [-0.39, 0.29) is 11.3 Å². The Morgan fingerprint density at radius 1 is 1.11 bits per heavy atom. The van der Waals surface area contributed by atoms with Crippen LogP contribution in [-0.2, 0) is 10.2 Å². The number of benzene rings is 2. The van der Waals surface area contributed by atoms with Crippen molar-refractivity contribution in [2.75, 3.05) is 33.5 Å². The number of hydrogen-bond acceptors (Lipinski definition) is 4. The highest BCUT2D eigenvalue weighted by molar-refractivity contribution is 5.95. The number of ether oxygens (including phenoxy) is 3. The van der Waals surface area contributed by atoms with E-state index < -0.39 is 0 Å². The minimum atomic E-state index is -0.111. The zero-order valence-electron chi connectivity index (χ0n) is 16.0. The largest absolute Gasteiger partial charge is 0.493 e. The Hall–Kier alpha value is -2.53. The molecular formula is C22H27NO4. The number of carbonyl (C=O) groups is 1. The molecule has 3 rings (SSSR count). The van der Waals surface area contributed by atoms with E-state index in [0.717, 1.165) is 12.8 Å². The first-order chi connectivity index (χ1) is 13.2. The SMILES string of the molecule is CCOc1cc(C(=O)NCC2(c3ccccc3)CCOCC2)ccc1OC. The van der Waals surface area contributed by atoms with E-state index in [1.807, 2.05) is 25.1 Å². The van der Waals surface area contributed by atoms with Gasteiger partial charge in [0, 0.05) is 30.7 Å². The van der Waals surface area contributed by atoms with Crippen molar-refractivity contribution in [2.45, 2.75) is 25.2 Å². The molecule has 0 spiro atoms. The normalized spacial score (nSPS) is 15.8. The molecule has 2 aromatic carbocycles. The molecule has 1 aliphatic heterocycles. The van der Waals surface area contributed by atoms with E-state index >= 15 is 0 Å². The van der Waals surface area contributed by atoms with Gasteiger partial charge in [0.15, 0.2) is 11.5 Å². The maximum absolute atomic E-state index is 12.8. The second kappa shape index (κ2) is 8.91. The van der Waals surface area contributed by atoms with Gasteiger partial charge < -0.3 is 19.5 Å². The molecule has 27 heavy (non-hydrogen) atoms. The minimum Gasteiger partial charge on any atom is -0.493 e. The summed E-state index contributed by atoms with van der Waals surface area (Å²) in [5, 5.41) is 3.12. The Morgan fingerprint density at radius 2 is 1.85 bits per heavy atom. The van der Waals surface area contributed by atoms with E-state index in [1.54, 1.807) is 25.3 Å². The molecule has 1 fully saturated rings. The van der Waals surface area contributed by atoms with Crippen LogP contribution in [0.15, 0.2) is 48.5 Å². The first kappa shape index (κ1) is 19.2. The number of amides is 1. The van der Waals surface area contributed by atoms with Crippen LogP contribution in [0.3, 0.4) is 0 Å². The van der Waals surface area contributed by atoms with Crippen molar-refractivity contribution in [1.29, 1.82) is 0 Å². The number of nitrogens with one attached hydrogen (secondary N) is 1. The average molecular weight is 369 g/mol. The Morgan fingerprint density at radius 3 is 2.52 bits per heavy atom. The molecule has 1 saturated heterocycles. The summed E-state index contributed by atoms with van der Waals surface area (Å²) in [7, 11) is 1.59. The van der Waals surface area contributed by atoms with Gasteiger partial charge in [-0.15, -0.1) is 0 Å². The highest BCUT2D eigenvalue weighted by Gasteiger charge is 2.34. The van der Waals surface area contributed by atoms with Crippen LogP contribution < -0.4 is 14.8 Å².